The first-order valence-corrected chi connectivity index (χ1v) is 7.69. The molecule has 3 heteroatoms. The molecule has 0 aromatic heterocycles. The Hall–Kier alpha value is -1.77. The van der Waals surface area contributed by atoms with Gasteiger partial charge in [0.25, 0.3) is 0 Å². The van der Waals surface area contributed by atoms with Gasteiger partial charge >= 0.3 is 5.97 Å². The molecular formula is C19H28O3. The molecule has 1 rings (SSSR count). The van der Waals surface area contributed by atoms with Crippen LogP contribution in [0.2, 0.25) is 0 Å². The largest absolute Gasteiger partial charge is 0.507 e. The molecule has 1 aromatic rings. The van der Waals surface area contributed by atoms with Crippen LogP contribution in [0.3, 0.4) is 0 Å². The van der Waals surface area contributed by atoms with E-state index >= 15 is 0 Å². The van der Waals surface area contributed by atoms with Crippen molar-refractivity contribution in [2.45, 2.75) is 65.7 Å². The molecule has 0 bridgehead atoms. The highest BCUT2D eigenvalue weighted by Crippen LogP contribution is 2.40. The van der Waals surface area contributed by atoms with E-state index in [9.17, 15) is 15.0 Å². The van der Waals surface area contributed by atoms with Gasteiger partial charge in [-0.1, -0.05) is 48.5 Å². The highest BCUT2D eigenvalue weighted by atomic mass is 16.4. The van der Waals surface area contributed by atoms with Crippen LogP contribution in [-0.2, 0) is 15.6 Å². The number of aromatic hydroxyl groups is 1. The van der Waals surface area contributed by atoms with E-state index in [4.69, 9.17) is 0 Å². The summed E-state index contributed by atoms with van der Waals surface area (Å²) in [4.78, 5) is 11.2. The second kappa shape index (κ2) is 6.15. The van der Waals surface area contributed by atoms with Crippen LogP contribution in [0.25, 0.3) is 6.08 Å². The number of benzene rings is 1. The molecule has 0 aliphatic carbocycles. The fourth-order valence-electron chi connectivity index (χ4n) is 2.40. The van der Waals surface area contributed by atoms with E-state index in [0.29, 0.717) is 17.7 Å². The molecule has 122 valence electrons. The number of carboxylic acids is 1. The third-order valence-corrected chi connectivity index (χ3v) is 3.74. The van der Waals surface area contributed by atoms with E-state index in [1.165, 1.54) is 0 Å². The molecule has 0 saturated heterocycles. The fraction of sp³-hybridized carbons (Fsp3) is 0.526. The third-order valence-electron chi connectivity index (χ3n) is 3.74. The summed E-state index contributed by atoms with van der Waals surface area (Å²) in [5.41, 5.74) is 2.43. The second-order valence-corrected chi connectivity index (χ2v) is 7.79. The number of phenols is 1. The Labute approximate surface area is 133 Å². The molecule has 2 N–H and O–H groups in total. The van der Waals surface area contributed by atoms with E-state index < -0.39 is 5.97 Å². The van der Waals surface area contributed by atoms with Gasteiger partial charge in [0, 0.05) is 16.7 Å². The quantitative estimate of drug-likeness (QED) is 0.784. The van der Waals surface area contributed by atoms with Crippen molar-refractivity contribution in [1.29, 1.82) is 0 Å². The van der Waals surface area contributed by atoms with Crippen LogP contribution in [0.5, 0.6) is 5.75 Å². The number of rotatable bonds is 3. The average molecular weight is 304 g/mol. The van der Waals surface area contributed by atoms with Crippen molar-refractivity contribution >= 4 is 12.0 Å². The molecule has 0 heterocycles. The molecule has 0 aliphatic rings. The molecule has 0 aliphatic heterocycles. The molecular weight excluding hydrogens is 276 g/mol. The number of hydrogen-bond donors (Lipinski definition) is 2. The summed E-state index contributed by atoms with van der Waals surface area (Å²) >= 11 is 0. The van der Waals surface area contributed by atoms with Crippen LogP contribution in [-0.4, -0.2) is 16.2 Å². The van der Waals surface area contributed by atoms with Crippen LogP contribution >= 0.6 is 0 Å². The minimum atomic E-state index is -0.898. The summed E-state index contributed by atoms with van der Waals surface area (Å²) in [6.45, 7) is 14.1. The monoisotopic (exact) mass is 304 g/mol. The Morgan fingerprint density at radius 2 is 1.45 bits per heavy atom. The van der Waals surface area contributed by atoms with E-state index in [0.717, 1.165) is 16.7 Å². The molecule has 0 fully saturated rings. The Morgan fingerprint density at radius 1 is 1.05 bits per heavy atom. The van der Waals surface area contributed by atoms with Gasteiger partial charge in [0.15, 0.2) is 0 Å². The SMILES string of the molecule is CCC(=Cc1cc(C(C)(C)C)c(O)c(C(C)(C)C)c1)C(=O)O. The Kier molecular flexibility index (Phi) is 5.11. The molecule has 22 heavy (non-hydrogen) atoms. The maximum Gasteiger partial charge on any atom is 0.331 e. The van der Waals surface area contributed by atoms with Gasteiger partial charge in [-0.15, -0.1) is 0 Å². The van der Waals surface area contributed by atoms with E-state index in [1.807, 2.05) is 60.6 Å². The summed E-state index contributed by atoms with van der Waals surface area (Å²) in [6, 6.07) is 3.78. The maximum atomic E-state index is 11.2. The second-order valence-electron chi connectivity index (χ2n) is 7.79. The molecule has 1 aromatic carbocycles. The van der Waals surface area contributed by atoms with E-state index in [1.54, 1.807) is 6.08 Å². The first-order chi connectivity index (χ1) is 9.87. The summed E-state index contributed by atoms with van der Waals surface area (Å²) in [5, 5.41) is 19.9. The van der Waals surface area contributed by atoms with Gasteiger partial charge in [-0.2, -0.15) is 0 Å². The summed E-state index contributed by atoms with van der Waals surface area (Å²) < 4.78 is 0. The summed E-state index contributed by atoms with van der Waals surface area (Å²) in [7, 11) is 0. The highest BCUT2D eigenvalue weighted by molar-refractivity contribution is 5.92. The standard InChI is InChI=1S/C19H28O3/c1-8-13(17(21)22)9-12-10-14(18(2,3)4)16(20)15(11-12)19(5,6)7/h9-11,20H,8H2,1-7H3,(H,21,22). The highest BCUT2D eigenvalue weighted by Gasteiger charge is 2.26. The van der Waals surface area contributed by atoms with Gasteiger partial charge in [-0.05, 0) is 41.0 Å². The minimum absolute atomic E-state index is 0.219. The number of carboxylic acid groups (broad SMARTS) is 1. The van der Waals surface area contributed by atoms with Crippen molar-refractivity contribution in [2.24, 2.45) is 0 Å². The predicted molar refractivity (Wildman–Crippen MR) is 91.4 cm³/mol. The van der Waals surface area contributed by atoms with Gasteiger partial charge in [0.05, 0.1) is 0 Å². The zero-order chi connectivity index (χ0) is 17.3. The van der Waals surface area contributed by atoms with E-state index in [2.05, 4.69) is 0 Å². The average Bonchev–Trinajstić information content (AvgIpc) is 2.34. The van der Waals surface area contributed by atoms with Crippen LogP contribution in [0.15, 0.2) is 17.7 Å². The van der Waals surface area contributed by atoms with Crippen LogP contribution in [0.4, 0.5) is 0 Å². The van der Waals surface area contributed by atoms with E-state index in [-0.39, 0.29) is 10.8 Å². The Bertz CT molecular complexity index is 561. The lowest BCUT2D eigenvalue weighted by atomic mass is 9.78. The molecule has 0 radical (unpaired) electrons. The molecule has 0 spiro atoms. The van der Waals surface area contributed by atoms with Gasteiger partial charge in [-0.25, -0.2) is 4.79 Å². The van der Waals surface area contributed by atoms with Crippen molar-refractivity contribution in [3.05, 3.63) is 34.4 Å². The van der Waals surface area contributed by atoms with Crippen molar-refractivity contribution in [3.8, 4) is 5.75 Å². The summed E-state index contributed by atoms with van der Waals surface area (Å²) in [6.07, 6.45) is 2.16. The molecule has 3 nitrogen and oxygen atoms in total. The first kappa shape index (κ1) is 18.3. The van der Waals surface area contributed by atoms with Crippen LogP contribution in [0, 0.1) is 0 Å². The molecule has 0 unspecified atom stereocenters. The number of phenolic OH excluding ortho intramolecular Hbond substituents is 1. The zero-order valence-corrected chi connectivity index (χ0v) is 14.7. The lowest BCUT2D eigenvalue weighted by Crippen LogP contribution is -2.17. The van der Waals surface area contributed by atoms with Gasteiger partial charge in [0.2, 0.25) is 0 Å². The molecule has 0 amide bonds. The topological polar surface area (TPSA) is 57.5 Å². The van der Waals surface area contributed by atoms with Crippen LogP contribution < -0.4 is 0 Å². The number of carbonyl (C=O) groups is 1. The van der Waals surface area contributed by atoms with Crippen molar-refractivity contribution in [3.63, 3.8) is 0 Å². The zero-order valence-electron chi connectivity index (χ0n) is 14.7. The van der Waals surface area contributed by atoms with Crippen LogP contribution in [0.1, 0.15) is 71.6 Å². The summed E-state index contributed by atoms with van der Waals surface area (Å²) in [5.74, 6) is -0.587. The van der Waals surface area contributed by atoms with Crippen molar-refractivity contribution in [2.75, 3.05) is 0 Å². The fourth-order valence-corrected chi connectivity index (χ4v) is 2.40. The molecule has 0 atom stereocenters. The Morgan fingerprint density at radius 3 is 1.73 bits per heavy atom. The molecule has 0 saturated carbocycles. The number of hydrogen-bond acceptors (Lipinski definition) is 2. The minimum Gasteiger partial charge on any atom is -0.507 e. The van der Waals surface area contributed by atoms with Crippen molar-refractivity contribution in [1.82, 2.24) is 0 Å². The number of aliphatic carboxylic acids is 1. The van der Waals surface area contributed by atoms with Gasteiger partial charge in [0.1, 0.15) is 5.75 Å². The Balaban J connectivity index is 3.65. The smallest absolute Gasteiger partial charge is 0.331 e. The third kappa shape index (κ3) is 4.12. The van der Waals surface area contributed by atoms with Gasteiger partial charge < -0.3 is 10.2 Å². The van der Waals surface area contributed by atoms with Crippen molar-refractivity contribution < 1.29 is 15.0 Å². The lowest BCUT2D eigenvalue weighted by molar-refractivity contribution is -0.132. The first-order valence-electron chi connectivity index (χ1n) is 7.69. The predicted octanol–water partition coefficient (Wildman–Crippen LogP) is 4.87. The lowest BCUT2D eigenvalue weighted by Gasteiger charge is -2.28. The normalized spacial score (nSPS) is 13.3. The maximum absolute atomic E-state index is 11.2. The van der Waals surface area contributed by atoms with Gasteiger partial charge in [-0.3, -0.25) is 0 Å².